The molecule has 0 spiro atoms. The second-order valence-electron chi connectivity index (χ2n) is 5.40. The van der Waals surface area contributed by atoms with Gasteiger partial charge in [-0.05, 0) is 19.9 Å². The number of nitrogens with one attached hydrogen (secondary N) is 1. The van der Waals surface area contributed by atoms with Crippen LogP contribution >= 0.6 is 11.3 Å². The number of thiazole rings is 1. The van der Waals surface area contributed by atoms with Crippen LogP contribution in [0.3, 0.4) is 0 Å². The Morgan fingerprint density at radius 3 is 2.91 bits per heavy atom. The molecule has 0 aliphatic carbocycles. The molecule has 0 bridgehead atoms. The summed E-state index contributed by atoms with van der Waals surface area (Å²) in [5.41, 5.74) is 1.03. The lowest BCUT2D eigenvalue weighted by molar-refractivity contribution is -0.131. The maximum Gasteiger partial charge on any atom is 0.243 e. The normalized spacial score (nSPS) is 18.2. The molecule has 1 saturated heterocycles. The molecule has 1 fully saturated rings. The summed E-state index contributed by atoms with van der Waals surface area (Å²) in [4.78, 5) is 31.9. The number of nitrogens with zero attached hydrogens (tertiary/aromatic N) is 3. The zero-order chi connectivity index (χ0) is 16.1. The van der Waals surface area contributed by atoms with E-state index in [1.165, 1.54) is 6.08 Å². The SMILES string of the molecule is C=CC(=O)NCCC(=O)N1CCN(c2nc(C)cs2)C(C)C1. The minimum absolute atomic E-state index is 0.0752. The van der Waals surface area contributed by atoms with Crippen molar-refractivity contribution in [3.63, 3.8) is 0 Å². The van der Waals surface area contributed by atoms with Crippen LogP contribution in [0.15, 0.2) is 18.0 Å². The van der Waals surface area contributed by atoms with Gasteiger partial charge in [-0.15, -0.1) is 11.3 Å². The van der Waals surface area contributed by atoms with Crippen LogP contribution in [0.2, 0.25) is 0 Å². The summed E-state index contributed by atoms with van der Waals surface area (Å²) < 4.78 is 0. The summed E-state index contributed by atoms with van der Waals surface area (Å²) in [6, 6.07) is 0.242. The zero-order valence-electron chi connectivity index (χ0n) is 13.0. The molecule has 1 aromatic rings. The van der Waals surface area contributed by atoms with E-state index in [-0.39, 0.29) is 17.9 Å². The highest BCUT2D eigenvalue weighted by atomic mass is 32.1. The van der Waals surface area contributed by atoms with E-state index in [4.69, 9.17) is 0 Å². The molecule has 7 heteroatoms. The minimum atomic E-state index is -0.245. The fraction of sp³-hybridized carbons (Fsp3) is 0.533. The van der Waals surface area contributed by atoms with Crippen molar-refractivity contribution < 1.29 is 9.59 Å². The molecule has 2 heterocycles. The number of piperazine rings is 1. The maximum atomic E-state index is 12.2. The summed E-state index contributed by atoms with van der Waals surface area (Å²) in [5.74, 6) is -0.170. The van der Waals surface area contributed by atoms with Crippen molar-refractivity contribution in [3.8, 4) is 0 Å². The third-order valence-corrected chi connectivity index (χ3v) is 4.65. The number of aromatic nitrogens is 1. The van der Waals surface area contributed by atoms with Crippen molar-refractivity contribution in [1.82, 2.24) is 15.2 Å². The van der Waals surface area contributed by atoms with E-state index >= 15 is 0 Å². The summed E-state index contributed by atoms with van der Waals surface area (Å²) >= 11 is 1.64. The standard InChI is InChI=1S/C15H22N4O2S/c1-4-13(20)16-6-5-14(21)18-7-8-19(12(3)9-18)15-17-11(2)10-22-15/h4,10,12H,1,5-9H2,2-3H3,(H,16,20). The van der Waals surface area contributed by atoms with Gasteiger partial charge in [0.25, 0.3) is 0 Å². The number of carbonyl (C=O) groups excluding carboxylic acids is 2. The first kappa shape index (κ1) is 16.5. The van der Waals surface area contributed by atoms with Gasteiger partial charge < -0.3 is 15.1 Å². The molecule has 6 nitrogen and oxygen atoms in total. The highest BCUT2D eigenvalue weighted by Gasteiger charge is 2.27. The van der Waals surface area contributed by atoms with E-state index in [9.17, 15) is 9.59 Å². The summed E-state index contributed by atoms with van der Waals surface area (Å²) in [6.45, 7) is 9.99. The molecule has 1 aliphatic heterocycles. The largest absolute Gasteiger partial charge is 0.352 e. The summed E-state index contributed by atoms with van der Waals surface area (Å²) in [7, 11) is 0. The van der Waals surface area contributed by atoms with Crippen molar-refractivity contribution in [2.24, 2.45) is 0 Å². The van der Waals surface area contributed by atoms with Gasteiger partial charge in [-0.1, -0.05) is 6.58 Å². The van der Waals surface area contributed by atoms with Crippen molar-refractivity contribution in [2.45, 2.75) is 26.3 Å². The first-order valence-corrected chi connectivity index (χ1v) is 8.26. The van der Waals surface area contributed by atoms with Crippen LogP contribution in [0.5, 0.6) is 0 Å². The van der Waals surface area contributed by atoms with E-state index in [1.807, 2.05) is 17.2 Å². The van der Waals surface area contributed by atoms with Crippen LogP contribution in [-0.4, -0.2) is 53.9 Å². The number of anilines is 1. The van der Waals surface area contributed by atoms with Gasteiger partial charge in [-0.3, -0.25) is 9.59 Å². The molecule has 0 saturated carbocycles. The van der Waals surface area contributed by atoms with Gasteiger partial charge >= 0.3 is 0 Å². The number of hydrogen-bond acceptors (Lipinski definition) is 5. The lowest BCUT2D eigenvalue weighted by Gasteiger charge is -2.39. The summed E-state index contributed by atoms with van der Waals surface area (Å²) in [5, 5.41) is 5.69. The predicted octanol–water partition coefficient (Wildman–Crippen LogP) is 1.18. The molecular formula is C15H22N4O2S. The van der Waals surface area contributed by atoms with Gasteiger partial charge in [0.15, 0.2) is 5.13 Å². The van der Waals surface area contributed by atoms with E-state index < -0.39 is 0 Å². The second kappa shape index (κ2) is 7.40. The first-order valence-electron chi connectivity index (χ1n) is 7.38. The van der Waals surface area contributed by atoms with Crippen molar-refractivity contribution in [1.29, 1.82) is 0 Å². The molecule has 1 atom stereocenters. The number of hydrogen-bond donors (Lipinski definition) is 1. The fourth-order valence-corrected chi connectivity index (χ4v) is 3.40. The van der Waals surface area contributed by atoms with E-state index in [0.717, 1.165) is 17.4 Å². The Morgan fingerprint density at radius 2 is 2.32 bits per heavy atom. The third kappa shape index (κ3) is 4.07. The maximum absolute atomic E-state index is 12.2. The Labute approximate surface area is 134 Å². The van der Waals surface area contributed by atoms with Gasteiger partial charge in [-0.2, -0.15) is 0 Å². The molecular weight excluding hydrogens is 300 g/mol. The molecule has 1 aromatic heterocycles. The molecule has 120 valence electrons. The molecule has 1 N–H and O–H groups in total. The second-order valence-corrected chi connectivity index (χ2v) is 6.24. The topological polar surface area (TPSA) is 65.5 Å². The lowest BCUT2D eigenvalue weighted by atomic mass is 10.2. The van der Waals surface area contributed by atoms with Crippen molar-refractivity contribution in [3.05, 3.63) is 23.7 Å². The van der Waals surface area contributed by atoms with Gasteiger partial charge in [0.2, 0.25) is 11.8 Å². The van der Waals surface area contributed by atoms with E-state index in [0.29, 0.717) is 26.1 Å². The van der Waals surface area contributed by atoms with Crippen LogP contribution in [0.25, 0.3) is 0 Å². The Bertz CT molecular complexity index is 557. The fourth-order valence-electron chi connectivity index (χ4n) is 2.46. The molecule has 1 aliphatic rings. The van der Waals surface area contributed by atoms with E-state index in [2.05, 4.69) is 28.7 Å². The van der Waals surface area contributed by atoms with Crippen LogP contribution in [0.4, 0.5) is 5.13 Å². The highest BCUT2D eigenvalue weighted by molar-refractivity contribution is 7.13. The highest BCUT2D eigenvalue weighted by Crippen LogP contribution is 2.24. The molecule has 0 radical (unpaired) electrons. The van der Waals surface area contributed by atoms with Crippen LogP contribution in [0.1, 0.15) is 19.0 Å². The number of amides is 2. The van der Waals surface area contributed by atoms with Gasteiger partial charge in [-0.25, -0.2) is 4.98 Å². The van der Waals surface area contributed by atoms with E-state index in [1.54, 1.807) is 11.3 Å². The number of aryl methyl sites for hydroxylation is 1. The zero-order valence-corrected chi connectivity index (χ0v) is 13.9. The van der Waals surface area contributed by atoms with Crippen LogP contribution < -0.4 is 10.2 Å². The van der Waals surface area contributed by atoms with Crippen LogP contribution in [0, 0.1) is 6.92 Å². The van der Waals surface area contributed by atoms with Crippen molar-refractivity contribution in [2.75, 3.05) is 31.1 Å². The van der Waals surface area contributed by atoms with Crippen molar-refractivity contribution >= 4 is 28.3 Å². The summed E-state index contributed by atoms with van der Waals surface area (Å²) in [6.07, 6.45) is 1.53. The Hall–Kier alpha value is -1.89. The first-order chi connectivity index (χ1) is 10.5. The Morgan fingerprint density at radius 1 is 1.55 bits per heavy atom. The van der Waals surface area contributed by atoms with Gasteiger partial charge in [0.1, 0.15) is 0 Å². The third-order valence-electron chi connectivity index (χ3n) is 3.66. The average molecular weight is 322 g/mol. The Balaban J connectivity index is 1.83. The minimum Gasteiger partial charge on any atom is -0.352 e. The lowest BCUT2D eigenvalue weighted by Crippen LogP contribution is -2.54. The quantitative estimate of drug-likeness (QED) is 0.827. The van der Waals surface area contributed by atoms with Crippen LogP contribution in [-0.2, 0) is 9.59 Å². The number of rotatable bonds is 5. The number of carbonyl (C=O) groups is 2. The Kier molecular flexibility index (Phi) is 5.54. The predicted molar refractivity (Wildman–Crippen MR) is 88.1 cm³/mol. The average Bonchev–Trinajstić information content (AvgIpc) is 2.93. The van der Waals surface area contributed by atoms with Gasteiger partial charge in [0, 0.05) is 44.0 Å². The van der Waals surface area contributed by atoms with Gasteiger partial charge in [0.05, 0.1) is 5.69 Å². The molecule has 2 amide bonds. The molecule has 1 unspecified atom stereocenters. The smallest absolute Gasteiger partial charge is 0.243 e. The molecule has 22 heavy (non-hydrogen) atoms. The molecule has 2 rings (SSSR count). The monoisotopic (exact) mass is 322 g/mol. The molecule has 0 aromatic carbocycles.